The van der Waals surface area contributed by atoms with Crippen LogP contribution in [0.3, 0.4) is 0 Å². The predicted molar refractivity (Wildman–Crippen MR) is 128 cm³/mol. The highest BCUT2D eigenvalue weighted by atomic mass is 127. The molecule has 0 saturated heterocycles. The number of nitriles is 1. The molecule has 0 atom stereocenters. The Hall–Kier alpha value is -2.11. The van der Waals surface area contributed by atoms with E-state index in [9.17, 15) is 5.26 Å². The summed E-state index contributed by atoms with van der Waals surface area (Å²) in [6, 6.07) is 19.3. The standard InChI is InChI=1S/C22H11Cl2IN2OS/c23-18-7-3-14(10-19(18)24)21-8-6-17(28-21)9-15(11-26)22-27-20(12-29-22)13-1-4-16(25)5-2-13/h1-10,12H. The lowest BCUT2D eigenvalue weighted by Gasteiger charge is -1.99. The van der Waals surface area contributed by atoms with Gasteiger partial charge < -0.3 is 4.42 Å². The minimum atomic E-state index is 0.446. The SMILES string of the molecule is N#CC(=Cc1ccc(-c2ccc(Cl)c(Cl)c2)o1)c1nc(-c2ccc(I)cc2)cs1. The van der Waals surface area contributed by atoms with Crippen molar-refractivity contribution < 1.29 is 4.42 Å². The molecule has 0 spiro atoms. The van der Waals surface area contributed by atoms with Crippen LogP contribution in [0.1, 0.15) is 10.8 Å². The number of furan rings is 1. The Bertz CT molecular complexity index is 1250. The third kappa shape index (κ3) is 4.57. The summed E-state index contributed by atoms with van der Waals surface area (Å²) >= 11 is 15.7. The quantitative estimate of drug-likeness (QED) is 0.191. The van der Waals surface area contributed by atoms with Gasteiger partial charge in [0, 0.05) is 26.2 Å². The smallest absolute Gasteiger partial charge is 0.134 e. The normalized spacial score (nSPS) is 11.4. The lowest BCUT2D eigenvalue weighted by atomic mass is 10.2. The van der Waals surface area contributed by atoms with E-state index in [4.69, 9.17) is 27.6 Å². The topological polar surface area (TPSA) is 49.8 Å². The molecule has 3 nitrogen and oxygen atoms in total. The Morgan fingerprint density at radius 3 is 2.52 bits per heavy atom. The van der Waals surface area contributed by atoms with Gasteiger partial charge in [0.2, 0.25) is 0 Å². The van der Waals surface area contributed by atoms with E-state index in [-0.39, 0.29) is 0 Å². The molecule has 2 aromatic carbocycles. The highest BCUT2D eigenvalue weighted by Crippen LogP contribution is 2.31. The van der Waals surface area contributed by atoms with E-state index in [0.29, 0.717) is 32.1 Å². The van der Waals surface area contributed by atoms with Crippen LogP contribution in [-0.4, -0.2) is 4.98 Å². The summed E-state index contributed by atoms with van der Waals surface area (Å²) in [6.07, 6.45) is 1.69. The maximum Gasteiger partial charge on any atom is 0.134 e. The molecule has 0 unspecified atom stereocenters. The number of rotatable bonds is 4. The van der Waals surface area contributed by atoms with Gasteiger partial charge in [0.1, 0.15) is 22.6 Å². The van der Waals surface area contributed by atoms with E-state index in [2.05, 4.69) is 33.6 Å². The maximum absolute atomic E-state index is 9.62. The molecule has 0 aliphatic carbocycles. The van der Waals surface area contributed by atoms with E-state index in [1.807, 2.05) is 47.8 Å². The summed E-state index contributed by atoms with van der Waals surface area (Å²) in [5.74, 6) is 1.21. The number of hydrogen-bond acceptors (Lipinski definition) is 4. The van der Waals surface area contributed by atoms with Crippen molar-refractivity contribution in [2.24, 2.45) is 0 Å². The lowest BCUT2D eigenvalue weighted by Crippen LogP contribution is -1.82. The molecule has 29 heavy (non-hydrogen) atoms. The molecular weight excluding hydrogens is 538 g/mol. The van der Waals surface area contributed by atoms with Gasteiger partial charge in [-0.3, -0.25) is 0 Å². The van der Waals surface area contributed by atoms with Crippen molar-refractivity contribution in [2.45, 2.75) is 0 Å². The van der Waals surface area contributed by atoms with Crippen LogP contribution in [0.15, 0.2) is 64.4 Å². The van der Waals surface area contributed by atoms with E-state index < -0.39 is 0 Å². The second-order valence-electron chi connectivity index (χ2n) is 6.05. The molecular formula is C22H11Cl2IN2OS. The van der Waals surface area contributed by atoms with Crippen molar-refractivity contribution in [1.29, 1.82) is 5.26 Å². The van der Waals surface area contributed by atoms with Gasteiger partial charge in [-0.1, -0.05) is 35.3 Å². The molecule has 2 heterocycles. The molecule has 0 aliphatic rings. The zero-order valence-electron chi connectivity index (χ0n) is 14.7. The fourth-order valence-electron chi connectivity index (χ4n) is 2.67. The summed E-state index contributed by atoms with van der Waals surface area (Å²) in [7, 11) is 0. The van der Waals surface area contributed by atoms with Crippen LogP contribution in [0, 0.1) is 14.9 Å². The first kappa shape index (κ1) is 20.2. The molecule has 4 rings (SSSR count). The minimum absolute atomic E-state index is 0.446. The van der Waals surface area contributed by atoms with Gasteiger partial charge >= 0.3 is 0 Å². The highest BCUT2D eigenvalue weighted by molar-refractivity contribution is 14.1. The molecule has 7 heteroatoms. The van der Waals surface area contributed by atoms with Gasteiger partial charge in [0.05, 0.1) is 21.3 Å². The second kappa shape index (κ2) is 8.72. The first-order valence-electron chi connectivity index (χ1n) is 8.42. The molecule has 2 aromatic heterocycles. The Balaban J connectivity index is 1.62. The van der Waals surface area contributed by atoms with Crippen molar-refractivity contribution >= 4 is 68.8 Å². The fourth-order valence-corrected chi connectivity index (χ4v) is 4.12. The van der Waals surface area contributed by atoms with Crippen molar-refractivity contribution in [2.75, 3.05) is 0 Å². The zero-order valence-corrected chi connectivity index (χ0v) is 19.2. The average Bonchev–Trinajstić information content (AvgIpc) is 3.39. The van der Waals surface area contributed by atoms with Crippen molar-refractivity contribution in [3.8, 4) is 28.7 Å². The molecule has 0 fully saturated rings. The van der Waals surface area contributed by atoms with Gasteiger partial charge in [-0.25, -0.2) is 4.98 Å². The Morgan fingerprint density at radius 2 is 1.79 bits per heavy atom. The van der Waals surface area contributed by atoms with Gasteiger partial charge in [-0.05, 0) is 65.1 Å². The fraction of sp³-hybridized carbons (Fsp3) is 0. The van der Waals surface area contributed by atoms with Crippen LogP contribution < -0.4 is 0 Å². The van der Waals surface area contributed by atoms with Crippen LogP contribution in [0.5, 0.6) is 0 Å². The summed E-state index contributed by atoms with van der Waals surface area (Å²) < 4.78 is 7.03. The van der Waals surface area contributed by atoms with Gasteiger partial charge in [-0.2, -0.15) is 5.26 Å². The summed E-state index contributed by atoms with van der Waals surface area (Å²) in [4.78, 5) is 4.62. The number of aromatic nitrogens is 1. The largest absolute Gasteiger partial charge is 0.457 e. The van der Waals surface area contributed by atoms with Gasteiger partial charge in [0.25, 0.3) is 0 Å². The number of allylic oxidation sites excluding steroid dienone is 1. The Labute approximate surface area is 195 Å². The second-order valence-corrected chi connectivity index (χ2v) is 8.96. The maximum atomic E-state index is 9.62. The third-order valence-electron chi connectivity index (χ3n) is 4.11. The highest BCUT2D eigenvalue weighted by Gasteiger charge is 2.11. The minimum Gasteiger partial charge on any atom is -0.457 e. The van der Waals surface area contributed by atoms with Crippen molar-refractivity contribution in [3.63, 3.8) is 0 Å². The van der Waals surface area contributed by atoms with E-state index in [1.165, 1.54) is 11.3 Å². The van der Waals surface area contributed by atoms with Gasteiger partial charge in [-0.15, -0.1) is 11.3 Å². The van der Waals surface area contributed by atoms with E-state index in [0.717, 1.165) is 20.4 Å². The number of hydrogen-bond donors (Lipinski definition) is 0. The monoisotopic (exact) mass is 548 g/mol. The average molecular weight is 549 g/mol. The first-order chi connectivity index (χ1) is 14.0. The van der Waals surface area contributed by atoms with Crippen LogP contribution in [0.4, 0.5) is 0 Å². The Kier molecular flexibility index (Phi) is 6.07. The molecule has 0 aliphatic heterocycles. The van der Waals surface area contributed by atoms with Crippen LogP contribution in [-0.2, 0) is 0 Å². The van der Waals surface area contributed by atoms with Gasteiger partial charge in [0.15, 0.2) is 0 Å². The molecule has 0 saturated carbocycles. The van der Waals surface area contributed by atoms with Crippen LogP contribution >= 0.6 is 57.1 Å². The molecule has 0 bridgehead atoms. The summed E-state index contributed by atoms with van der Waals surface area (Å²) in [6.45, 7) is 0. The van der Waals surface area contributed by atoms with Crippen LogP contribution in [0.25, 0.3) is 34.2 Å². The lowest BCUT2D eigenvalue weighted by molar-refractivity contribution is 0.572. The zero-order chi connectivity index (χ0) is 20.4. The third-order valence-corrected chi connectivity index (χ3v) is 6.45. The molecule has 142 valence electrons. The number of nitrogens with zero attached hydrogens (tertiary/aromatic N) is 2. The van der Waals surface area contributed by atoms with E-state index in [1.54, 1.807) is 18.2 Å². The predicted octanol–water partition coefficient (Wildman–Crippen LogP) is 8.05. The molecule has 0 N–H and O–H groups in total. The van der Waals surface area contributed by atoms with Crippen molar-refractivity contribution in [1.82, 2.24) is 4.98 Å². The van der Waals surface area contributed by atoms with E-state index >= 15 is 0 Å². The number of halogens is 3. The molecule has 4 aromatic rings. The Morgan fingerprint density at radius 1 is 1.03 bits per heavy atom. The van der Waals surface area contributed by atoms with Crippen LogP contribution in [0.2, 0.25) is 10.0 Å². The first-order valence-corrected chi connectivity index (χ1v) is 11.1. The summed E-state index contributed by atoms with van der Waals surface area (Å²) in [5, 5.41) is 13.2. The number of benzene rings is 2. The molecule has 0 amide bonds. The number of thiazole rings is 1. The van der Waals surface area contributed by atoms with Crippen molar-refractivity contribution in [3.05, 3.63) is 84.4 Å². The summed E-state index contributed by atoms with van der Waals surface area (Å²) in [5.41, 5.74) is 3.12. The molecule has 0 radical (unpaired) electrons.